The number of ether oxygens (including phenoxy) is 2. The molecule has 0 saturated carbocycles. The highest BCUT2D eigenvalue weighted by atomic mass is 32.2. The zero-order valence-corrected chi connectivity index (χ0v) is 20.7. The Kier molecular flexibility index (Phi) is 7.55. The summed E-state index contributed by atoms with van der Waals surface area (Å²) in [6.07, 6.45) is 5.24. The highest BCUT2D eigenvalue weighted by molar-refractivity contribution is 7.92. The Balaban J connectivity index is 1.54. The second-order valence-corrected chi connectivity index (χ2v) is 9.64. The average molecular weight is 507 g/mol. The first-order valence-electron chi connectivity index (χ1n) is 11.1. The molecule has 0 aliphatic heterocycles. The van der Waals surface area contributed by atoms with Crippen LogP contribution >= 0.6 is 0 Å². The number of nitrogens with zero attached hydrogens (tertiary/aromatic N) is 3. The smallest absolute Gasteiger partial charge is 0.264 e. The minimum atomic E-state index is -4.04. The second kappa shape index (κ2) is 11.0. The van der Waals surface area contributed by atoms with Gasteiger partial charge in [-0.25, -0.2) is 13.4 Å². The molecule has 0 aliphatic rings. The third-order valence-corrected chi connectivity index (χ3v) is 7.29. The van der Waals surface area contributed by atoms with Crippen LogP contribution < -0.4 is 19.1 Å². The Hall–Kier alpha value is -4.31. The number of hydrogen-bond donors (Lipinski definition) is 1. The minimum Gasteiger partial charge on any atom is -0.493 e. The van der Waals surface area contributed by atoms with Crippen molar-refractivity contribution in [1.82, 2.24) is 14.9 Å². The summed E-state index contributed by atoms with van der Waals surface area (Å²) in [4.78, 5) is 17.0. The molecule has 0 spiro atoms. The molecule has 0 atom stereocenters. The number of amides is 1. The number of anilines is 1. The molecule has 186 valence electrons. The van der Waals surface area contributed by atoms with E-state index in [4.69, 9.17) is 9.47 Å². The Morgan fingerprint density at radius 3 is 2.33 bits per heavy atom. The lowest BCUT2D eigenvalue weighted by Crippen LogP contribution is -2.40. The molecule has 0 bridgehead atoms. The predicted molar refractivity (Wildman–Crippen MR) is 136 cm³/mol. The van der Waals surface area contributed by atoms with Gasteiger partial charge >= 0.3 is 0 Å². The van der Waals surface area contributed by atoms with Gasteiger partial charge in [-0.2, -0.15) is 0 Å². The van der Waals surface area contributed by atoms with Crippen LogP contribution in [0.25, 0.3) is 5.69 Å². The van der Waals surface area contributed by atoms with E-state index in [1.54, 1.807) is 42.9 Å². The monoisotopic (exact) mass is 506 g/mol. The lowest BCUT2D eigenvalue weighted by atomic mass is 10.2. The Bertz CT molecular complexity index is 1410. The summed E-state index contributed by atoms with van der Waals surface area (Å²) in [5.41, 5.74) is 2.09. The van der Waals surface area contributed by atoms with Crippen molar-refractivity contribution in [2.75, 3.05) is 25.1 Å². The number of aromatic nitrogens is 2. The molecule has 0 unspecified atom stereocenters. The summed E-state index contributed by atoms with van der Waals surface area (Å²) in [6, 6.07) is 20.3. The topological polar surface area (TPSA) is 103 Å². The molecule has 36 heavy (non-hydrogen) atoms. The van der Waals surface area contributed by atoms with E-state index in [-0.39, 0.29) is 17.1 Å². The second-order valence-electron chi connectivity index (χ2n) is 7.78. The van der Waals surface area contributed by atoms with E-state index in [0.29, 0.717) is 11.5 Å². The number of carbonyl (C=O) groups excluding carboxylic acids is 1. The van der Waals surface area contributed by atoms with E-state index in [1.165, 1.54) is 32.4 Å². The number of methoxy groups -OCH3 is 2. The summed E-state index contributed by atoms with van der Waals surface area (Å²) in [6.45, 7) is -0.173. The maximum absolute atomic E-state index is 13.5. The molecule has 4 aromatic rings. The van der Waals surface area contributed by atoms with Gasteiger partial charge in [-0.05, 0) is 42.0 Å². The normalized spacial score (nSPS) is 11.1. The van der Waals surface area contributed by atoms with Gasteiger partial charge in [0.15, 0.2) is 11.5 Å². The summed E-state index contributed by atoms with van der Waals surface area (Å²) in [7, 11) is -1.09. The number of sulfonamides is 1. The third-order valence-electron chi connectivity index (χ3n) is 5.50. The summed E-state index contributed by atoms with van der Waals surface area (Å²) < 4.78 is 40.6. The first-order chi connectivity index (χ1) is 17.4. The highest BCUT2D eigenvalue weighted by Gasteiger charge is 2.28. The molecule has 1 aromatic heterocycles. The van der Waals surface area contributed by atoms with Crippen LogP contribution in [0.1, 0.15) is 5.56 Å². The van der Waals surface area contributed by atoms with Gasteiger partial charge in [-0.1, -0.05) is 30.3 Å². The Morgan fingerprint density at radius 2 is 1.69 bits per heavy atom. The van der Waals surface area contributed by atoms with Crippen molar-refractivity contribution in [3.8, 4) is 17.2 Å². The first kappa shape index (κ1) is 24.8. The molecule has 0 saturated heterocycles. The summed E-state index contributed by atoms with van der Waals surface area (Å²) >= 11 is 0. The lowest BCUT2D eigenvalue weighted by Gasteiger charge is -2.25. The standard InChI is InChI=1S/C26H26N4O5S/c1-34-24-13-12-22(16-25(24)35-2)30(36(32,33)23-6-4-3-5-7-23)18-26(31)28-17-20-8-10-21(11-9-20)29-15-14-27-19-29/h3-16,19H,17-18H2,1-2H3,(H,28,31). The van der Waals surface area contributed by atoms with Crippen LogP contribution in [-0.2, 0) is 21.4 Å². The van der Waals surface area contributed by atoms with Crippen LogP contribution in [-0.4, -0.2) is 44.6 Å². The van der Waals surface area contributed by atoms with Crippen LogP contribution in [0.2, 0.25) is 0 Å². The number of imidazole rings is 1. The molecule has 1 N–H and O–H groups in total. The lowest BCUT2D eigenvalue weighted by molar-refractivity contribution is -0.119. The molecule has 1 amide bonds. The fraction of sp³-hybridized carbons (Fsp3) is 0.154. The number of carbonyl (C=O) groups is 1. The Labute approximate surface area is 210 Å². The van der Waals surface area contributed by atoms with E-state index in [9.17, 15) is 13.2 Å². The van der Waals surface area contributed by atoms with Crippen molar-refractivity contribution in [1.29, 1.82) is 0 Å². The molecule has 3 aromatic carbocycles. The van der Waals surface area contributed by atoms with Crippen LogP contribution in [0, 0.1) is 0 Å². The van der Waals surface area contributed by atoms with Crippen molar-refractivity contribution >= 4 is 21.6 Å². The predicted octanol–water partition coefficient (Wildman–Crippen LogP) is 3.40. The fourth-order valence-corrected chi connectivity index (χ4v) is 5.03. The molecule has 1 heterocycles. The molecule has 4 rings (SSSR count). The number of rotatable bonds is 10. The van der Waals surface area contributed by atoms with Crippen LogP contribution in [0.3, 0.4) is 0 Å². The molecule has 9 nitrogen and oxygen atoms in total. The number of hydrogen-bond acceptors (Lipinski definition) is 6. The molecular weight excluding hydrogens is 480 g/mol. The van der Waals surface area contributed by atoms with Crippen molar-refractivity contribution in [3.05, 3.63) is 97.1 Å². The highest BCUT2D eigenvalue weighted by Crippen LogP contribution is 2.33. The fourth-order valence-electron chi connectivity index (χ4n) is 3.60. The number of benzene rings is 3. The van der Waals surface area contributed by atoms with Crippen LogP contribution in [0.4, 0.5) is 5.69 Å². The van der Waals surface area contributed by atoms with Crippen molar-refractivity contribution in [3.63, 3.8) is 0 Å². The zero-order valence-electron chi connectivity index (χ0n) is 19.9. The van der Waals surface area contributed by atoms with E-state index in [2.05, 4.69) is 10.3 Å². The van der Waals surface area contributed by atoms with Crippen LogP contribution in [0.15, 0.2) is 96.4 Å². The van der Waals surface area contributed by atoms with Gasteiger partial charge in [0.25, 0.3) is 10.0 Å². The van der Waals surface area contributed by atoms with Crippen molar-refractivity contribution < 1.29 is 22.7 Å². The van der Waals surface area contributed by atoms with Gasteiger partial charge in [0.1, 0.15) is 6.54 Å². The third kappa shape index (κ3) is 5.49. The Morgan fingerprint density at radius 1 is 0.972 bits per heavy atom. The van der Waals surface area contributed by atoms with Crippen molar-refractivity contribution in [2.45, 2.75) is 11.4 Å². The quantitative estimate of drug-likeness (QED) is 0.354. The van der Waals surface area contributed by atoms with Gasteiger partial charge in [0.2, 0.25) is 5.91 Å². The van der Waals surface area contributed by atoms with Gasteiger partial charge in [-0.3, -0.25) is 9.10 Å². The largest absolute Gasteiger partial charge is 0.493 e. The van der Waals surface area contributed by atoms with E-state index < -0.39 is 22.5 Å². The molecular formula is C26H26N4O5S. The average Bonchev–Trinajstić information content (AvgIpc) is 3.46. The molecule has 10 heteroatoms. The summed E-state index contributed by atoms with van der Waals surface area (Å²) in [5.74, 6) is 0.339. The summed E-state index contributed by atoms with van der Waals surface area (Å²) in [5, 5.41) is 2.81. The minimum absolute atomic E-state index is 0.0719. The molecule has 0 aliphatic carbocycles. The number of nitrogens with one attached hydrogen (secondary N) is 1. The van der Waals surface area contributed by atoms with Gasteiger partial charge < -0.3 is 19.4 Å². The van der Waals surface area contributed by atoms with E-state index >= 15 is 0 Å². The van der Waals surface area contributed by atoms with Crippen molar-refractivity contribution in [2.24, 2.45) is 0 Å². The first-order valence-corrected chi connectivity index (χ1v) is 12.5. The van der Waals surface area contributed by atoms with Crippen LogP contribution in [0.5, 0.6) is 11.5 Å². The van der Waals surface area contributed by atoms with E-state index in [0.717, 1.165) is 15.6 Å². The molecule has 0 radical (unpaired) electrons. The molecule has 0 fully saturated rings. The maximum Gasteiger partial charge on any atom is 0.264 e. The maximum atomic E-state index is 13.5. The SMILES string of the molecule is COc1ccc(N(CC(=O)NCc2ccc(-n3ccnc3)cc2)S(=O)(=O)c2ccccc2)cc1OC. The van der Waals surface area contributed by atoms with Gasteiger partial charge in [-0.15, -0.1) is 0 Å². The van der Waals surface area contributed by atoms with Gasteiger partial charge in [0, 0.05) is 30.7 Å². The van der Waals surface area contributed by atoms with Gasteiger partial charge in [0.05, 0.1) is 31.1 Å². The van der Waals surface area contributed by atoms with E-state index in [1.807, 2.05) is 35.0 Å². The zero-order chi connectivity index (χ0) is 25.5.